The molecule has 1 amide bonds. The van der Waals surface area contributed by atoms with Crippen LogP contribution in [0, 0.1) is 13.8 Å². The predicted octanol–water partition coefficient (Wildman–Crippen LogP) is 3.16. The Morgan fingerprint density at radius 2 is 2.00 bits per heavy atom. The SMILES string of the molecule is Cc1cccc(NC(=O)COC(=O)c2ccc(C)s2)c1. The van der Waals surface area contributed by atoms with Crippen molar-refractivity contribution in [1.82, 2.24) is 0 Å². The molecule has 0 saturated heterocycles. The van der Waals surface area contributed by atoms with Gasteiger partial charge >= 0.3 is 5.97 Å². The Labute approximate surface area is 121 Å². The van der Waals surface area contributed by atoms with Crippen molar-refractivity contribution in [3.63, 3.8) is 0 Å². The van der Waals surface area contributed by atoms with Crippen LogP contribution in [0.5, 0.6) is 0 Å². The highest BCUT2D eigenvalue weighted by Gasteiger charge is 2.12. The Morgan fingerprint density at radius 3 is 2.65 bits per heavy atom. The van der Waals surface area contributed by atoms with E-state index in [1.54, 1.807) is 12.1 Å². The van der Waals surface area contributed by atoms with Crippen molar-refractivity contribution in [3.05, 3.63) is 51.7 Å². The largest absolute Gasteiger partial charge is 0.451 e. The third-order valence-electron chi connectivity index (χ3n) is 2.58. The molecule has 104 valence electrons. The van der Waals surface area contributed by atoms with Gasteiger partial charge in [-0.05, 0) is 43.7 Å². The number of hydrogen-bond donors (Lipinski definition) is 1. The highest BCUT2D eigenvalue weighted by atomic mass is 32.1. The summed E-state index contributed by atoms with van der Waals surface area (Å²) in [5.41, 5.74) is 1.74. The third kappa shape index (κ3) is 3.93. The van der Waals surface area contributed by atoms with Crippen LogP contribution >= 0.6 is 11.3 Å². The molecule has 1 aromatic carbocycles. The molecule has 0 unspecified atom stereocenters. The van der Waals surface area contributed by atoms with Crippen molar-refractivity contribution in [2.24, 2.45) is 0 Å². The molecule has 1 aromatic heterocycles. The van der Waals surface area contributed by atoms with Crippen LogP contribution in [0.25, 0.3) is 0 Å². The molecule has 1 N–H and O–H groups in total. The van der Waals surface area contributed by atoms with Crippen molar-refractivity contribution in [2.45, 2.75) is 13.8 Å². The lowest BCUT2D eigenvalue weighted by Gasteiger charge is -2.06. The molecule has 2 rings (SSSR count). The second kappa shape index (κ2) is 6.34. The average molecular weight is 289 g/mol. The zero-order valence-electron chi connectivity index (χ0n) is 11.3. The average Bonchev–Trinajstić information content (AvgIpc) is 2.83. The Balaban J connectivity index is 1.85. The molecule has 0 aliphatic carbocycles. The Bertz CT molecular complexity index is 634. The molecule has 0 atom stereocenters. The second-order valence-electron chi connectivity index (χ2n) is 4.40. The lowest BCUT2D eigenvalue weighted by atomic mass is 10.2. The number of carbonyl (C=O) groups excluding carboxylic acids is 2. The minimum absolute atomic E-state index is 0.288. The maximum absolute atomic E-state index is 11.7. The highest BCUT2D eigenvalue weighted by Crippen LogP contribution is 2.16. The lowest BCUT2D eigenvalue weighted by molar-refractivity contribution is -0.119. The monoisotopic (exact) mass is 289 g/mol. The van der Waals surface area contributed by atoms with Crippen molar-refractivity contribution in [3.8, 4) is 0 Å². The van der Waals surface area contributed by atoms with E-state index in [0.717, 1.165) is 10.4 Å². The number of ether oxygens (including phenoxy) is 1. The number of aryl methyl sites for hydroxylation is 2. The van der Waals surface area contributed by atoms with Gasteiger partial charge in [-0.3, -0.25) is 4.79 Å². The van der Waals surface area contributed by atoms with E-state index in [2.05, 4.69) is 5.32 Å². The molecule has 0 saturated carbocycles. The minimum Gasteiger partial charge on any atom is -0.451 e. The van der Waals surface area contributed by atoms with Gasteiger partial charge in [-0.15, -0.1) is 11.3 Å². The molecule has 0 aliphatic rings. The molecule has 5 heteroatoms. The van der Waals surface area contributed by atoms with Crippen LogP contribution in [0.4, 0.5) is 5.69 Å². The number of rotatable bonds is 4. The van der Waals surface area contributed by atoms with Gasteiger partial charge in [0.1, 0.15) is 4.88 Å². The van der Waals surface area contributed by atoms with Gasteiger partial charge in [0, 0.05) is 10.6 Å². The molecule has 4 nitrogen and oxygen atoms in total. The van der Waals surface area contributed by atoms with Crippen LogP contribution in [0.3, 0.4) is 0 Å². The molecule has 0 spiro atoms. The van der Waals surface area contributed by atoms with E-state index in [9.17, 15) is 9.59 Å². The van der Waals surface area contributed by atoms with E-state index >= 15 is 0 Å². The first-order valence-electron chi connectivity index (χ1n) is 6.14. The fourth-order valence-electron chi connectivity index (χ4n) is 1.67. The normalized spacial score (nSPS) is 10.1. The smallest absolute Gasteiger partial charge is 0.348 e. The molecule has 0 bridgehead atoms. The first-order chi connectivity index (χ1) is 9.54. The topological polar surface area (TPSA) is 55.4 Å². The summed E-state index contributed by atoms with van der Waals surface area (Å²) in [6, 6.07) is 11.0. The van der Waals surface area contributed by atoms with Gasteiger partial charge in [-0.2, -0.15) is 0 Å². The molecular formula is C15H15NO3S. The van der Waals surface area contributed by atoms with E-state index < -0.39 is 5.97 Å². The number of hydrogen-bond acceptors (Lipinski definition) is 4. The number of carbonyl (C=O) groups is 2. The molecule has 0 fully saturated rings. The molecular weight excluding hydrogens is 274 g/mol. The molecule has 1 heterocycles. The summed E-state index contributed by atoms with van der Waals surface area (Å²) < 4.78 is 4.97. The fourth-order valence-corrected chi connectivity index (χ4v) is 2.43. The van der Waals surface area contributed by atoms with Gasteiger partial charge in [-0.1, -0.05) is 12.1 Å². The Morgan fingerprint density at radius 1 is 1.20 bits per heavy atom. The quantitative estimate of drug-likeness (QED) is 0.880. The zero-order valence-corrected chi connectivity index (χ0v) is 12.1. The molecule has 20 heavy (non-hydrogen) atoms. The number of amides is 1. The van der Waals surface area contributed by atoms with E-state index in [1.165, 1.54) is 11.3 Å². The summed E-state index contributed by atoms with van der Waals surface area (Å²) in [5, 5.41) is 2.68. The second-order valence-corrected chi connectivity index (χ2v) is 5.69. The lowest BCUT2D eigenvalue weighted by Crippen LogP contribution is -2.20. The van der Waals surface area contributed by atoms with Crippen molar-refractivity contribution in [1.29, 1.82) is 0 Å². The first-order valence-corrected chi connectivity index (χ1v) is 6.96. The van der Waals surface area contributed by atoms with Crippen LogP contribution in [-0.2, 0) is 9.53 Å². The van der Waals surface area contributed by atoms with Gasteiger partial charge in [0.25, 0.3) is 5.91 Å². The highest BCUT2D eigenvalue weighted by molar-refractivity contribution is 7.13. The van der Waals surface area contributed by atoms with Crippen molar-refractivity contribution in [2.75, 3.05) is 11.9 Å². The maximum atomic E-state index is 11.7. The first kappa shape index (κ1) is 14.3. The standard InChI is InChI=1S/C15H15NO3S/c1-10-4-3-5-12(8-10)16-14(17)9-19-15(18)13-7-6-11(2)20-13/h3-8H,9H2,1-2H3,(H,16,17). The number of esters is 1. The van der Waals surface area contributed by atoms with E-state index in [4.69, 9.17) is 4.74 Å². The zero-order chi connectivity index (χ0) is 14.5. The van der Waals surface area contributed by atoms with E-state index in [0.29, 0.717) is 10.6 Å². The van der Waals surface area contributed by atoms with E-state index in [1.807, 2.05) is 38.1 Å². The van der Waals surface area contributed by atoms with Gasteiger partial charge < -0.3 is 10.1 Å². The van der Waals surface area contributed by atoms with Crippen LogP contribution in [-0.4, -0.2) is 18.5 Å². The van der Waals surface area contributed by atoms with Gasteiger partial charge in [0.15, 0.2) is 6.61 Å². The van der Waals surface area contributed by atoms with Crippen LogP contribution < -0.4 is 5.32 Å². The number of nitrogens with one attached hydrogen (secondary N) is 1. The Hall–Kier alpha value is -2.14. The van der Waals surface area contributed by atoms with Crippen LogP contribution in [0.2, 0.25) is 0 Å². The van der Waals surface area contributed by atoms with Gasteiger partial charge in [0.05, 0.1) is 0 Å². The summed E-state index contributed by atoms with van der Waals surface area (Å²) in [7, 11) is 0. The van der Waals surface area contributed by atoms with Crippen molar-refractivity contribution >= 4 is 28.9 Å². The molecule has 0 radical (unpaired) electrons. The summed E-state index contributed by atoms with van der Waals surface area (Å²) in [6.45, 7) is 3.56. The van der Waals surface area contributed by atoms with E-state index in [-0.39, 0.29) is 12.5 Å². The Kier molecular flexibility index (Phi) is 4.53. The van der Waals surface area contributed by atoms with Gasteiger partial charge in [-0.25, -0.2) is 4.79 Å². The summed E-state index contributed by atoms with van der Waals surface area (Å²) in [4.78, 5) is 24.9. The number of benzene rings is 1. The fraction of sp³-hybridized carbons (Fsp3) is 0.200. The molecule has 2 aromatic rings. The maximum Gasteiger partial charge on any atom is 0.348 e. The van der Waals surface area contributed by atoms with Crippen LogP contribution in [0.15, 0.2) is 36.4 Å². The summed E-state index contributed by atoms with van der Waals surface area (Å²) >= 11 is 1.35. The predicted molar refractivity (Wildman–Crippen MR) is 79.1 cm³/mol. The van der Waals surface area contributed by atoms with Gasteiger partial charge in [0.2, 0.25) is 0 Å². The third-order valence-corrected chi connectivity index (χ3v) is 3.56. The molecule has 0 aliphatic heterocycles. The van der Waals surface area contributed by atoms with Crippen molar-refractivity contribution < 1.29 is 14.3 Å². The summed E-state index contributed by atoms with van der Waals surface area (Å²) in [6.07, 6.45) is 0. The summed E-state index contributed by atoms with van der Waals surface area (Å²) in [5.74, 6) is -0.820. The number of anilines is 1. The minimum atomic E-state index is -0.470. The van der Waals surface area contributed by atoms with Crippen LogP contribution in [0.1, 0.15) is 20.1 Å². The number of thiophene rings is 1.